The minimum atomic E-state index is 0.561. The van der Waals surface area contributed by atoms with Gasteiger partial charge in [0.05, 0.1) is 13.2 Å². The van der Waals surface area contributed by atoms with Crippen LogP contribution in [-0.4, -0.2) is 26.4 Å². The van der Waals surface area contributed by atoms with Crippen LogP contribution < -0.4 is 5.48 Å². The van der Waals surface area contributed by atoms with E-state index in [1.807, 2.05) is 0 Å². The quantitative estimate of drug-likeness (QED) is 0.527. The van der Waals surface area contributed by atoms with Crippen molar-refractivity contribution in [2.75, 3.05) is 20.3 Å². The molecule has 0 saturated heterocycles. The van der Waals surface area contributed by atoms with Crippen molar-refractivity contribution in [2.24, 2.45) is 5.92 Å². The second kappa shape index (κ2) is 7.21. The van der Waals surface area contributed by atoms with Crippen LogP contribution in [0.2, 0.25) is 0 Å². The van der Waals surface area contributed by atoms with Gasteiger partial charge in [-0.25, -0.2) is 0 Å². The Labute approximate surface area is 87.1 Å². The van der Waals surface area contributed by atoms with E-state index in [1.54, 1.807) is 7.11 Å². The van der Waals surface area contributed by atoms with Gasteiger partial charge in [-0.05, 0) is 18.8 Å². The molecule has 14 heavy (non-hydrogen) atoms. The van der Waals surface area contributed by atoms with Gasteiger partial charge in [0.25, 0.3) is 0 Å². The van der Waals surface area contributed by atoms with Gasteiger partial charge in [0.15, 0.2) is 0 Å². The van der Waals surface area contributed by atoms with Crippen molar-refractivity contribution in [3.8, 4) is 0 Å². The lowest BCUT2D eigenvalue weighted by molar-refractivity contribution is -0.0224. The molecule has 1 N–H and O–H groups in total. The van der Waals surface area contributed by atoms with E-state index in [-0.39, 0.29) is 0 Å². The number of ether oxygens (including phenoxy) is 1. The monoisotopic (exact) mass is 201 g/mol. The lowest BCUT2D eigenvalue weighted by atomic mass is 9.85. The third kappa shape index (κ3) is 4.40. The zero-order valence-corrected chi connectivity index (χ0v) is 9.42. The van der Waals surface area contributed by atoms with E-state index in [4.69, 9.17) is 9.57 Å². The highest BCUT2D eigenvalue weighted by atomic mass is 16.7. The summed E-state index contributed by atoms with van der Waals surface area (Å²) < 4.78 is 4.91. The molecule has 0 amide bonds. The Morgan fingerprint density at radius 2 is 2.14 bits per heavy atom. The summed E-state index contributed by atoms with van der Waals surface area (Å²) >= 11 is 0. The fraction of sp³-hybridized carbons (Fsp3) is 1.00. The highest BCUT2D eigenvalue weighted by Crippen LogP contribution is 2.26. The zero-order valence-electron chi connectivity index (χ0n) is 9.42. The molecule has 0 aromatic carbocycles. The third-order valence-electron chi connectivity index (χ3n) is 3.00. The first-order valence-electron chi connectivity index (χ1n) is 5.73. The molecule has 1 saturated carbocycles. The van der Waals surface area contributed by atoms with Crippen LogP contribution in [0.25, 0.3) is 0 Å². The largest absolute Gasteiger partial charge is 0.382 e. The molecule has 0 aromatic heterocycles. The number of methoxy groups -OCH3 is 1. The Morgan fingerprint density at radius 3 is 2.86 bits per heavy atom. The van der Waals surface area contributed by atoms with Gasteiger partial charge >= 0.3 is 0 Å². The molecule has 0 aliphatic heterocycles. The first-order valence-corrected chi connectivity index (χ1v) is 5.73. The minimum absolute atomic E-state index is 0.561. The van der Waals surface area contributed by atoms with Gasteiger partial charge in [0.2, 0.25) is 0 Å². The van der Waals surface area contributed by atoms with Gasteiger partial charge in [-0.3, -0.25) is 4.84 Å². The summed E-state index contributed by atoms with van der Waals surface area (Å²) in [6, 6.07) is 0.561. The summed E-state index contributed by atoms with van der Waals surface area (Å²) in [5, 5.41) is 0. The molecule has 0 spiro atoms. The molecular formula is C11H23NO2. The van der Waals surface area contributed by atoms with Gasteiger partial charge in [0, 0.05) is 13.2 Å². The predicted octanol–water partition coefficient (Wildman–Crippen LogP) is 2.12. The van der Waals surface area contributed by atoms with Crippen LogP contribution in [0.1, 0.15) is 39.0 Å². The Hall–Kier alpha value is -0.120. The second-order valence-electron chi connectivity index (χ2n) is 4.10. The van der Waals surface area contributed by atoms with Crippen LogP contribution in [0.5, 0.6) is 0 Å². The van der Waals surface area contributed by atoms with E-state index in [2.05, 4.69) is 12.4 Å². The number of hydrogen-bond donors (Lipinski definition) is 1. The van der Waals surface area contributed by atoms with Gasteiger partial charge in [0.1, 0.15) is 0 Å². The maximum atomic E-state index is 5.33. The van der Waals surface area contributed by atoms with Crippen molar-refractivity contribution in [3.63, 3.8) is 0 Å². The van der Waals surface area contributed by atoms with Crippen molar-refractivity contribution in [1.82, 2.24) is 5.48 Å². The van der Waals surface area contributed by atoms with E-state index in [9.17, 15) is 0 Å². The molecule has 3 nitrogen and oxygen atoms in total. The van der Waals surface area contributed by atoms with Gasteiger partial charge in [-0.15, -0.1) is 0 Å². The fourth-order valence-electron chi connectivity index (χ4n) is 2.07. The second-order valence-corrected chi connectivity index (χ2v) is 4.10. The fourth-order valence-corrected chi connectivity index (χ4v) is 2.07. The lowest BCUT2D eigenvalue weighted by Crippen LogP contribution is -2.34. The highest BCUT2D eigenvalue weighted by Gasteiger charge is 2.20. The highest BCUT2D eigenvalue weighted by molar-refractivity contribution is 4.74. The Bertz CT molecular complexity index is 141. The topological polar surface area (TPSA) is 30.5 Å². The molecule has 0 radical (unpaired) electrons. The van der Waals surface area contributed by atoms with Gasteiger partial charge in [-0.1, -0.05) is 26.2 Å². The van der Waals surface area contributed by atoms with Crippen LogP contribution in [0.3, 0.4) is 0 Å². The standard InChI is InChI=1S/C11H23NO2/c1-3-10-5-4-6-11(9-10)12-14-8-7-13-2/h10-12H,3-9H2,1-2H3. The molecule has 0 aromatic rings. The first kappa shape index (κ1) is 12.0. The number of nitrogens with one attached hydrogen (secondary N) is 1. The summed E-state index contributed by atoms with van der Waals surface area (Å²) in [5.74, 6) is 0.896. The maximum Gasteiger partial charge on any atom is 0.0915 e. The number of hydrogen-bond acceptors (Lipinski definition) is 3. The molecule has 84 valence electrons. The Morgan fingerprint density at radius 1 is 1.29 bits per heavy atom. The van der Waals surface area contributed by atoms with Crippen molar-refractivity contribution in [2.45, 2.75) is 45.1 Å². The molecular weight excluding hydrogens is 178 g/mol. The van der Waals surface area contributed by atoms with Crippen LogP contribution in [0, 0.1) is 5.92 Å². The van der Waals surface area contributed by atoms with Crippen molar-refractivity contribution >= 4 is 0 Å². The molecule has 0 bridgehead atoms. The zero-order chi connectivity index (χ0) is 10.2. The molecule has 3 heteroatoms. The van der Waals surface area contributed by atoms with Crippen LogP contribution in [0.4, 0.5) is 0 Å². The molecule has 1 aliphatic rings. The van der Waals surface area contributed by atoms with E-state index < -0.39 is 0 Å². The summed E-state index contributed by atoms with van der Waals surface area (Å²) in [4.78, 5) is 5.33. The normalized spacial score (nSPS) is 27.9. The Balaban J connectivity index is 2.05. The molecule has 1 aliphatic carbocycles. The van der Waals surface area contributed by atoms with Gasteiger partial charge < -0.3 is 4.74 Å². The average Bonchev–Trinajstić information content (AvgIpc) is 2.25. The molecule has 1 rings (SSSR count). The molecule has 2 unspecified atom stereocenters. The van der Waals surface area contributed by atoms with Gasteiger partial charge in [-0.2, -0.15) is 5.48 Å². The maximum absolute atomic E-state index is 5.33. The smallest absolute Gasteiger partial charge is 0.0915 e. The summed E-state index contributed by atoms with van der Waals surface area (Å²) in [7, 11) is 1.69. The van der Waals surface area contributed by atoms with Crippen molar-refractivity contribution in [3.05, 3.63) is 0 Å². The van der Waals surface area contributed by atoms with Crippen LogP contribution in [0.15, 0.2) is 0 Å². The summed E-state index contributed by atoms with van der Waals surface area (Å²) in [5.41, 5.74) is 3.14. The summed E-state index contributed by atoms with van der Waals surface area (Å²) in [6.07, 6.45) is 6.56. The van der Waals surface area contributed by atoms with Crippen LogP contribution >= 0.6 is 0 Å². The van der Waals surface area contributed by atoms with E-state index in [0.717, 1.165) is 5.92 Å². The van der Waals surface area contributed by atoms with Crippen LogP contribution in [-0.2, 0) is 9.57 Å². The van der Waals surface area contributed by atoms with E-state index in [1.165, 1.54) is 32.1 Å². The summed E-state index contributed by atoms with van der Waals surface area (Å²) in [6.45, 7) is 3.58. The number of hydroxylamine groups is 1. The predicted molar refractivity (Wildman–Crippen MR) is 57.0 cm³/mol. The average molecular weight is 201 g/mol. The first-order chi connectivity index (χ1) is 6.86. The molecule has 0 heterocycles. The third-order valence-corrected chi connectivity index (χ3v) is 3.00. The number of rotatable bonds is 6. The molecule has 2 atom stereocenters. The SMILES string of the molecule is CCC1CCCC(NOCCOC)C1. The van der Waals surface area contributed by atoms with Crippen molar-refractivity contribution in [1.29, 1.82) is 0 Å². The minimum Gasteiger partial charge on any atom is -0.382 e. The Kier molecular flexibility index (Phi) is 6.15. The lowest BCUT2D eigenvalue weighted by Gasteiger charge is -2.28. The van der Waals surface area contributed by atoms with Crippen molar-refractivity contribution < 1.29 is 9.57 Å². The van der Waals surface area contributed by atoms with E-state index in [0.29, 0.717) is 19.3 Å². The molecule has 1 fully saturated rings. The van der Waals surface area contributed by atoms with E-state index >= 15 is 0 Å².